The second kappa shape index (κ2) is 8.15. The number of benzene rings is 1. The first-order chi connectivity index (χ1) is 9.12. The number of methoxy groups -OCH3 is 2. The maximum Gasteiger partial charge on any atom is 0.171 e. The average molecular weight is 267 g/mol. The summed E-state index contributed by atoms with van der Waals surface area (Å²) in [6.45, 7) is 6.83. The largest absolute Gasteiger partial charge is 0.494 e. The van der Waals surface area contributed by atoms with Gasteiger partial charge in [-0.25, -0.2) is 0 Å². The molecule has 0 saturated heterocycles. The van der Waals surface area contributed by atoms with Gasteiger partial charge in [0.05, 0.1) is 12.6 Å². The second-order valence-corrected chi connectivity index (χ2v) is 4.52. The molecule has 0 heterocycles. The number of hydrogen-bond acceptors (Lipinski definition) is 4. The van der Waals surface area contributed by atoms with Crippen LogP contribution in [0.25, 0.3) is 0 Å². The Kier molecular flexibility index (Phi) is 6.84. The van der Waals surface area contributed by atoms with Crippen LogP contribution >= 0.6 is 0 Å². The average Bonchev–Trinajstić information content (AvgIpc) is 2.41. The van der Waals surface area contributed by atoms with Crippen molar-refractivity contribution in [1.29, 1.82) is 0 Å². The van der Waals surface area contributed by atoms with E-state index in [0.717, 1.165) is 5.75 Å². The highest BCUT2D eigenvalue weighted by atomic mass is 16.7. The van der Waals surface area contributed by atoms with Gasteiger partial charge in [0.1, 0.15) is 5.75 Å². The van der Waals surface area contributed by atoms with E-state index < -0.39 is 0 Å². The molecule has 0 aliphatic rings. The maximum atomic E-state index is 5.43. The van der Waals surface area contributed by atoms with Crippen LogP contribution in [-0.4, -0.2) is 33.2 Å². The van der Waals surface area contributed by atoms with Gasteiger partial charge in [0.2, 0.25) is 0 Å². The van der Waals surface area contributed by atoms with Crippen LogP contribution in [0, 0.1) is 0 Å². The molecule has 1 aromatic carbocycles. The molecule has 1 N–H and O–H groups in total. The molecule has 108 valence electrons. The lowest BCUT2D eigenvalue weighted by atomic mass is 10.1. The van der Waals surface area contributed by atoms with E-state index in [-0.39, 0.29) is 18.4 Å². The van der Waals surface area contributed by atoms with Gasteiger partial charge in [0.25, 0.3) is 0 Å². The highest BCUT2D eigenvalue weighted by molar-refractivity contribution is 5.28. The van der Waals surface area contributed by atoms with Gasteiger partial charge in [-0.15, -0.1) is 0 Å². The van der Waals surface area contributed by atoms with E-state index in [1.807, 2.05) is 26.0 Å². The summed E-state index contributed by atoms with van der Waals surface area (Å²) in [7, 11) is 3.29. The first-order valence-corrected chi connectivity index (χ1v) is 6.66. The van der Waals surface area contributed by atoms with Crippen molar-refractivity contribution in [2.24, 2.45) is 0 Å². The van der Waals surface area contributed by atoms with E-state index in [9.17, 15) is 0 Å². The topological polar surface area (TPSA) is 39.7 Å². The molecule has 0 fully saturated rings. The summed E-state index contributed by atoms with van der Waals surface area (Å²) in [5, 5.41) is 3.46. The van der Waals surface area contributed by atoms with Gasteiger partial charge in [-0.05, 0) is 38.5 Å². The van der Waals surface area contributed by atoms with Crippen LogP contribution in [0.4, 0.5) is 0 Å². The first kappa shape index (κ1) is 16.0. The summed E-state index contributed by atoms with van der Waals surface area (Å²) in [6.07, 6.45) is -0.245. The summed E-state index contributed by atoms with van der Waals surface area (Å²) >= 11 is 0. The van der Waals surface area contributed by atoms with E-state index in [1.54, 1.807) is 14.2 Å². The van der Waals surface area contributed by atoms with Crippen LogP contribution in [0.2, 0.25) is 0 Å². The summed E-state index contributed by atoms with van der Waals surface area (Å²) in [5.41, 5.74) is 1.21. The van der Waals surface area contributed by atoms with Crippen LogP contribution in [0.1, 0.15) is 32.4 Å². The monoisotopic (exact) mass is 267 g/mol. The zero-order valence-electron chi connectivity index (χ0n) is 12.5. The van der Waals surface area contributed by atoms with E-state index >= 15 is 0 Å². The number of rotatable bonds is 8. The minimum atomic E-state index is -0.245. The van der Waals surface area contributed by atoms with Gasteiger partial charge in [0.15, 0.2) is 6.29 Å². The molecule has 4 nitrogen and oxygen atoms in total. The van der Waals surface area contributed by atoms with Crippen molar-refractivity contribution in [2.75, 3.05) is 20.8 Å². The Bertz CT molecular complexity index is 349. The molecule has 1 rings (SSSR count). The van der Waals surface area contributed by atoms with E-state index in [1.165, 1.54) is 5.56 Å². The van der Waals surface area contributed by atoms with Crippen molar-refractivity contribution < 1.29 is 14.2 Å². The fraction of sp³-hybridized carbons (Fsp3) is 0.600. The first-order valence-electron chi connectivity index (χ1n) is 6.66. The summed E-state index contributed by atoms with van der Waals surface area (Å²) in [5.74, 6) is 0.901. The fourth-order valence-corrected chi connectivity index (χ4v) is 2.09. The van der Waals surface area contributed by atoms with Crippen LogP contribution in [-0.2, 0) is 9.47 Å². The number of ether oxygens (including phenoxy) is 3. The van der Waals surface area contributed by atoms with Crippen LogP contribution in [0.5, 0.6) is 5.75 Å². The highest BCUT2D eigenvalue weighted by Gasteiger charge is 2.18. The molecule has 0 aliphatic carbocycles. The van der Waals surface area contributed by atoms with Crippen LogP contribution < -0.4 is 10.1 Å². The molecule has 2 atom stereocenters. The van der Waals surface area contributed by atoms with Crippen molar-refractivity contribution in [3.63, 3.8) is 0 Å². The van der Waals surface area contributed by atoms with Crippen LogP contribution in [0.15, 0.2) is 24.3 Å². The lowest BCUT2D eigenvalue weighted by Gasteiger charge is -2.26. The Morgan fingerprint density at radius 2 is 1.63 bits per heavy atom. The van der Waals surface area contributed by atoms with Crippen molar-refractivity contribution in [3.05, 3.63) is 29.8 Å². The summed E-state index contributed by atoms with van der Waals surface area (Å²) < 4.78 is 15.9. The molecule has 1 aromatic rings. The minimum absolute atomic E-state index is 0.108. The lowest BCUT2D eigenvalue weighted by Crippen LogP contribution is -2.40. The molecular formula is C15H25NO3. The maximum absolute atomic E-state index is 5.43. The second-order valence-electron chi connectivity index (χ2n) is 4.52. The standard InChI is InChI=1S/C15H25NO3/c1-6-19-14-9-7-13(8-10-14)11(2)16-12(3)15(17-4)18-5/h7-12,15-16H,6H2,1-5H3. The van der Waals surface area contributed by atoms with Crippen molar-refractivity contribution in [2.45, 2.75) is 39.1 Å². The molecule has 0 saturated carbocycles. The normalized spacial score (nSPS) is 14.4. The third-order valence-electron chi connectivity index (χ3n) is 3.08. The van der Waals surface area contributed by atoms with Gasteiger partial charge in [0, 0.05) is 20.3 Å². The Morgan fingerprint density at radius 1 is 1.05 bits per heavy atom. The summed E-state index contributed by atoms with van der Waals surface area (Å²) in [4.78, 5) is 0. The third-order valence-corrected chi connectivity index (χ3v) is 3.08. The van der Waals surface area contributed by atoms with Gasteiger partial charge in [-0.3, -0.25) is 0 Å². The summed E-state index contributed by atoms with van der Waals surface area (Å²) in [6, 6.07) is 8.46. The van der Waals surface area contributed by atoms with Gasteiger partial charge in [-0.1, -0.05) is 12.1 Å². The minimum Gasteiger partial charge on any atom is -0.494 e. The molecule has 0 spiro atoms. The molecular weight excluding hydrogens is 242 g/mol. The SMILES string of the molecule is CCOc1ccc(C(C)NC(C)C(OC)OC)cc1. The Morgan fingerprint density at radius 3 is 2.11 bits per heavy atom. The van der Waals surface area contributed by atoms with Crippen molar-refractivity contribution in [1.82, 2.24) is 5.32 Å². The molecule has 0 aromatic heterocycles. The van der Waals surface area contributed by atoms with Gasteiger partial charge >= 0.3 is 0 Å². The smallest absolute Gasteiger partial charge is 0.171 e. The molecule has 0 bridgehead atoms. The molecule has 0 amide bonds. The number of hydrogen-bond donors (Lipinski definition) is 1. The quantitative estimate of drug-likeness (QED) is 0.735. The van der Waals surface area contributed by atoms with E-state index in [4.69, 9.17) is 14.2 Å². The zero-order valence-corrected chi connectivity index (χ0v) is 12.5. The Balaban J connectivity index is 2.59. The van der Waals surface area contributed by atoms with E-state index in [0.29, 0.717) is 6.61 Å². The third kappa shape index (κ3) is 4.82. The molecule has 0 aliphatic heterocycles. The van der Waals surface area contributed by atoms with E-state index in [2.05, 4.69) is 24.4 Å². The predicted octanol–water partition coefficient (Wildman–Crippen LogP) is 2.74. The molecule has 2 unspecified atom stereocenters. The lowest BCUT2D eigenvalue weighted by molar-refractivity contribution is -0.120. The fourth-order valence-electron chi connectivity index (χ4n) is 2.09. The van der Waals surface area contributed by atoms with Gasteiger partial charge in [-0.2, -0.15) is 0 Å². The molecule has 19 heavy (non-hydrogen) atoms. The Labute approximate surface area is 116 Å². The molecule has 4 heteroatoms. The molecule has 0 radical (unpaired) electrons. The van der Waals surface area contributed by atoms with Crippen molar-refractivity contribution >= 4 is 0 Å². The number of nitrogens with one attached hydrogen (secondary N) is 1. The van der Waals surface area contributed by atoms with Crippen molar-refractivity contribution in [3.8, 4) is 5.75 Å². The predicted molar refractivity (Wildman–Crippen MR) is 76.4 cm³/mol. The van der Waals surface area contributed by atoms with Gasteiger partial charge < -0.3 is 19.5 Å². The zero-order chi connectivity index (χ0) is 14.3. The Hall–Kier alpha value is -1.10. The highest BCUT2D eigenvalue weighted by Crippen LogP contribution is 2.18. The van der Waals surface area contributed by atoms with Crippen LogP contribution in [0.3, 0.4) is 0 Å².